The number of carbonyl (C=O) groups excluding carboxylic acids is 1. The summed E-state index contributed by atoms with van der Waals surface area (Å²) in [4.78, 5) is 14.4. The summed E-state index contributed by atoms with van der Waals surface area (Å²) in [7, 11) is -7.66. The third-order valence-electron chi connectivity index (χ3n) is 6.04. The van der Waals surface area contributed by atoms with E-state index in [0.29, 0.717) is 0 Å². The van der Waals surface area contributed by atoms with Gasteiger partial charge in [0.1, 0.15) is 5.82 Å². The number of nitrogens with zero attached hydrogens (tertiary/aromatic N) is 2. The van der Waals surface area contributed by atoms with Gasteiger partial charge in [-0.15, -0.1) is 0 Å². The zero-order valence-corrected chi connectivity index (χ0v) is 19.8. The maximum absolute atomic E-state index is 13.4. The third kappa shape index (κ3) is 4.96. The van der Waals surface area contributed by atoms with E-state index < -0.39 is 31.9 Å². The Morgan fingerprint density at radius 2 is 1.67 bits per heavy atom. The molecule has 0 radical (unpaired) electrons. The van der Waals surface area contributed by atoms with Gasteiger partial charge in [0.2, 0.25) is 26.0 Å². The van der Waals surface area contributed by atoms with Crippen LogP contribution in [0.2, 0.25) is 0 Å². The predicted molar refractivity (Wildman–Crippen MR) is 122 cm³/mol. The summed E-state index contributed by atoms with van der Waals surface area (Å²) in [5.41, 5.74) is 0.938. The number of hydrogen-bond donors (Lipinski definition) is 1. The molecule has 33 heavy (non-hydrogen) atoms. The average molecular weight is 496 g/mol. The molecule has 1 N–H and O–H groups in total. The van der Waals surface area contributed by atoms with E-state index >= 15 is 0 Å². The van der Waals surface area contributed by atoms with E-state index in [1.165, 1.54) is 36.4 Å². The maximum Gasteiger partial charge on any atom is 0.244 e. The Labute approximate surface area is 193 Å². The third-order valence-corrected chi connectivity index (χ3v) is 9.35. The van der Waals surface area contributed by atoms with Crippen molar-refractivity contribution < 1.29 is 26.0 Å². The first-order chi connectivity index (χ1) is 15.6. The lowest BCUT2D eigenvalue weighted by molar-refractivity contribution is -0.119. The summed E-state index contributed by atoms with van der Waals surface area (Å²) in [5, 5.41) is 0. The van der Waals surface area contributed by atoms with E-state index in [-0.39, 0.29) is 34.7 Å². The average Bonchev–Trinajstić information content (AvgIpc) is 3.36. The highest BCUT2D eigenvalue weighted by molar-refractivity contribution is 7.94. The highest BCUT2D eigenvalue weighted by Crippen LogP contribution is 2.29. The van der Waals surface area contributed by atoms with Crippen LogP contribution in [0.25, 0.3) is 0 Å². The molecule has 0 bridgehead atoms. The minimum Gasteiger partial charge on any atom is -0.295 e. The van der Waals surface area contributed by atoms with Crippen molar-refractivity contribution in [1.82, 2.24) is 9.62 Å². The maximum atomic E-state index is 13.4. The molecule has 2 fully saturated rings. The van der Waals surface area contributed by atoms with Crippen molar-refractivity contribution in [3.63, 3.8) is 0 Å². The quantitative estimate of drug-likeness (QED) is 0.632. The van der Waals surface area contributed by atoms with E-state index in [1.54, 1.807) is 19.1 Å². The lowest BCUT2D eigenvalue weighted by Gasteiger charge is -2.28. The van der Waals surface area contributed by atoms with Crippen molar-refractivity contribution in [3.8, 4) is 0 Å². The largest absolute Gasteiger partial charge is 0.295 e. The summed E-state index contributed by atoms with van der Waals surface area (Å²) < 4.78 is 67.1. The van der Waals surface area contributed by atoms with Crippen molar-refractivity contribution in [2.75, 3.05) is 29.7 Å². The molecule has 2 unspecified atom stereocenters. The van der Waals surface area contributed by atoms with Crippen LogP contribution >= 0.6 is 0 Å². The van der Waals surface area contributed by atoms with Gasteiger partial charge in [-0.3, -0.25) is 9.69 Å². The van der Waals surface area contributed by atoms with Gasteiger partial charge < -0.3 is 0 Å². The van der Waals surface area contributed by atoms with Gasteiger partial charge in [0.25, 0.3) is 0 Å². The topological polar surface area (TPSA) is 104 Å². The first kappa shape index (κ1) is 23.8. The molecule has 0 spiro atoms. The van der Waals surface area contributed by atoms with Crippen molar-refractivity contribution in [2.45, 2.75) is 30.7 Å². The van der Waals surface area contributed by atoms with Crippen LogP contribution in [0, 0.1) is 11.7 Å². The number of rotatable bonds is 7. The highest BCUT2D eigenvalue weighted by atomic mass is 32.2. The zero-order valence-electron chi connectivity index (χ0n) is 18.1. The first-order valence-corrected chi connectivity index (χ1v) is 13.8. The lowest BCUT2D eigenvalue weighted by Crippen LogP contribution is -2.36. The molecule has 8 nitrogen and oxygen atoms in total. The van der Waals surface area contributed by atoms with Crippen LogP contribution in [0.3, 0.4) is 0 Å². The van der Waals surface area contributed by atoms with Crippen molar-refractivity contribution in [2.24, 2.45) is 5.92 Å². The number of benzene rings is 2. The molecule has 0 aliphatic carbocycles. The van der Waals surface area contributed by atoms with Gasteiger partial charge >= 0.3 is 0 Å². The van der Waals surface area contributed by atoms with Crippen LogP contribution in [0.15, 0.2) is 53.4 Å². The predicted octanol–water partition coefficient (Wildman–Crippen LogP) is 2.25. The van der Waals surface area contributed by atoms with E-state index in [1.807, 2.05) is 0 Å². The molecule has 0 saturated carbocycles. The fourth-order valence-electron chi connectivity index (χ4n) is 4.32. The molecule has 2 aliphatic rings. The van der Waals surface area contributed by atoms with Gasteiger partial charge in [0.15, 0.2) is 0 Å². The molecule has 2 aliphatic heterocycles. The van der Waals surface area contributed by atoms with E-state index in [9.17, 15) is 26.0 Å². The summed E-state index contributed by atoms with van der Waals surface area (Å²) in [6.07, 6.45) is 2.03. The molecule has 2 atom stereocenters. The molecule has 4 rings (SSSR count). The monoisotopic (exact) mass is 495 g/mol. The van der Waals surface area contributed by atoms with Crippen molar-refractivity contribution >= 4 is 31.6 Å². The van der Waals surface area contributed by atoms with Crippen LogP contribution in [0.1, 0.15) is 31.4 Å². The first-order valence-electron chi connectivity index (χ1n) is 10.7. The Morgan fingerprint density at radius 1 is 1.06 bits per heavy atom. The number of nitrogens with one attached hydrogen (secondary N) is 1. The van der Waals surface area contributed by atoms with E-state index in [4.69, 9.17) is 0 Å². The number of hydrogen-bond acceptors (Lipinski definition) is 6. The van der Waals surface area contributed by atoms with Gasteiger partial charge in [-0.2, -0.15) is 0 Å². The molecule has 1 amide bonds. The molecule has 2 aromatic carbocycles. The van der Waals surface area contributed by atoms with Crippen molar-refractivity contribution in [3.05, 3.63) is 59.9 Å². The molecule has 2 heterocycles. The normalized spacial score (nSPS) is 22.1. The summed E-state index contributed by atoms with van der Waals surface area (Å²) in [6.45, 7) is 3.30. The summed E-state index contributed by atoms with van der Waals surface area (Å²) in [6, 6.07) is 11.0. The molecule has 2 saturated heterocycles. The standard InChI is InChI=1S/C22H26FN3O5S2/c1-16-15-32(28,29)26(22(16)27)19-8-10-20(11-9-19)33(30,31)24-14-21(25-12-2-3-13-25)17-4-6-18(23)7-5-17/h4-11,16,21,24H,2-3,12-15H2,1H3. The number of likely N-dealkylation sites (tertiary alicyclic amines) is 1. The molecule has 178 valence electrons. The van der Waals surface area contributed by atoms with Crippen LogP contribution in [-0.2, 0) is 24.8 Å². The van der Waals surface area contributed by atoms with E-state index in [2.05, 4.69) is 9.62 Å². The smallest absolute Gasteiger partial charge is 0.244 e. The van der Waals surface area contributed by atoms with Gasteiger partial charge in [-0.1, -0.05) is 19.1 Å². The number of amides is 1. The second-order valence-corrected chi connectivity index (χ2v) is 12.1. The van der Waals surface area contributed by atoms with Crippen LogP contribution in [0.4, 0.5) is 10.1 Å². The zero-order chi connectivity index (χ0) is 23.8. The fourth-order valence-corrected chi connectivity index (χ4v) is 7.17. The second-order valence-electron chi connectivity index (χ2n) is 8.44. The fraction of sp³-hybridized carbons (Fsp3) is 0.409. The van der Waals surface area contributed by atoms with Crippen LogP contribution < -0.4 is 9.03 Å². The Morgan fingerprint density at radius 3 is 2.21 bits per heavy atom. The Hall–Kier alpha value is -2.34. The lowest BCUT2D eigenvalue weighted by atomic mass is 10.1. The SMILES string of the molecule is CC1CS(=O)(=O)N(c2ccc(S(=O)(=O)NCC(c3ccc(F)cc3)N3CCCC3)cc2)C1=O. The minimum atomic E-state index is -3.90. The number of halogens is 1. The molecule has 11 heteroatoms. The van der Waals surface area contributed by atoms with Gasteiger partial charge in [-0.25, -0.2) is 30.3 Å². The highest BCUT2D eigenvalue weighted by Gasteiger charge is 2.42. The molecular formula is C22H26FN3O5S2. The Kier molecular flexibility index (Phi) is 6.59. The molecular weight excluding hydrogens is 469 g/mol. The Balaban J connectivity index is 1.52. The molecule has 2 aromatic rings. The Bertz CT molecular complexity index is 1230. The second kappa shape index (κ2) is 9.13. The van der Waals surface area contributed by atoms with Crippen molar-refractivity contribution in [1.29, 1.82) is 0 Å². The van der Waals surface area contributed by atoms with Gasteiger partial charge in [0, 0.05) is 12.6 Å². The number of carbonyl (C=O) groups is 1. The van der Waals surface area contributed by atoms with Crippen LogP contribution in [0.5, 0.6) is 0 Å². The van der Waals surface area contributed by atoms with Gasteiger partial charge in [-0.05, 0) is 67.9 Å². The number of sulfonamides is 2. The number of anilines is 1. The summed E-state index contributed by atoms with van der Waals surface area (Å²) in [5.74, 6) is -1.80. The summed E-state index contributed by atoms with van der Waals surface area (Å²) >= 11 is 0. The van der Waals surface area contributed by atoms with Crippen LogP contribution in [-0.4, -0.2) is 53.0 Å². The minimum absolute atomic E-state index is 0.0392. The van der Waals surface area contributed by atoms with Gasteiger partial charge in [0.05, 0.1) is 22.3 Å². The molecule has 0 aromatic heterocycles. The van der Waals surface area contributed by atoms with E-state index in [0.717, 1.165) is 35.8 Å².